The number of carbonyl (C=O) groups is 2. The summed E-state index contributed by atoms with van der Waals surface area (Å²) in [5.41, 5.74) is 2.82. The highest BCUT2D eigenvalue weighted by Gasteiger charge is 2.35. The number of nitrogens with zero attached hydrogens (tertiary/aromatic N) is 6. The Labute approximate surface area is 214 Å². The van der Waals surface area contributed by atoms with Crippen molar-refractivity contribution in [2.45, 2.75) is 70.8 Å². The Morgan fingerprint density at radius 1 is 1.22 bits per heavy atom. The Hall–Kier alpha value is -3.01. The summed E-state index contributed by atoms with van der Waals surface area (Å²) in [6.45, 7) is 1.97. The van der Waals surface area contributed by atoms with Gasteiger partial charge in [-0.25, -0.2) is 0 Å². The fourth-order valence-corrected chi connectivity index (χ4v) is 6.63. The number of nitrogens with one attached hydrogen (secondary N) is 1. The highest BCUT2D eigenvalue weighted by Crippen LogP contribution is 2.44. The molecule has 2 saturated carbocycles. The Morgan fingerprint density at radius 2 is 2.03 bits per heavy atom. The van der Waals surface area contributed by atoms with Crippen LogP contribution in [-0.4, -0.2) is 43.3 Å². The summed E-state index contributed by atoms with van der Waals surface area (Å²) < 4.78 is 3.97. The Morgan fingerprint density at radius 3 is 2.72 bits per heavy atom. The molecule has 3 aromatic rings. The maximum Gasteiger partial charge on any atom is 0.232 e. The van der Waals surface area contributed by atoms with Crippen molar-refractivity contribution in [3.63, 3.8) is 0 Å². The summed E-state index contributed by atoms with van der Waals surface area (Å²) >= 11 is 1.61. The van der Waals surface area contributed by atoms with Gasteiger partial charge in [-0.1, -0.05) is 12.8 Å². The normalized spacial score (nSPS) is 19.2. The molecule has 6 rings (SSSR count). The van der Waals surface area contributed by atoms with Crippen LogP contribution in [0.15, 0.2) is 12.4 Å². The Bertz CT molecular complexity index is 1310. The molecule has 3 aliphatic rings. The SMILES string of the molecule is Cc1cc(N(C)c2nncn2[C@H]2CCc3sc(NC(=O)C4CC4)c(C(=O)CCC4CC4)c3C2)n(C)n1. The maximum absolute atomic E-state index is 13.5. The van der Waals surface area contributed by atoms with Crippen molar-refractivity contribution in [2.24, 2.45) is 18.9 Å². The maximum atomic E-state index is 13.5. The number of rotatable bonds is 9. The molecule has 3 heterocycles. The minimum atomic E-state index is 0.0654. The standard InChI is InChI=1S/C26H33N7O2S/c1-15-12-22(32(3)30-15)31(2)26-29-27-14-33(26)18-9-11-21-19(13-18)23(20(34)10-6-16-4-5-16)25(36-21)28-24(35)17-7-8-17/h12,14,16-18H,4-11,13H2,1-3H3,(H,28,35)/t18-/m0/s1. The minimum Gasteiger partial charge on any atom is -0.317 e. The zero-order valence-electron chi connectivity index (χ0n) is 21.2. The second kappa shape index (κ2) is 9.14. The van der Waals surface area contributed by atoms with Crippen LogP contribution in [0.5, 0.6) is 0 Å². The van der Waals surface area contributed by atoms with Crippen molar-refractivity contribution in [3.05, 3.63) is 34.1 Å². The number of carbonyl (C=O) groups excluding carboxylic acids is 2. The molecule has 0 spiro atoms. The predicted octanol–water partition coefficient (Wildman–Crippen LogP) is 4.60. The first-order chi connectivity index (χ1) is 17.4. The third-order valence-electron chi connectivity index (χ3n) is 7.74. The molecular formula is C26H33N7O2S. The summed E-state index contributed by atoms with van der Waals surface area (Å²) in [5.74, 6) is 2.75. The minimum absolute atomic E-state index is 0.0654. The van der Waals surface area contributed by atoms with Gasteiger partial charge in [-0.15, -0.1) is 21.5 Å². The first-order valence-corrected chi connectivity index (χ1v) is 13.8. The number of anilines is 3. The van der Waals surface area contributed by atoms with Crippen LogP contribution in [0, 0.1) is 18.8 Å². The van der Waals surface area contributed by atoms with E-state index in [0.29, 0.717) is 12.3 Å². The van der Waals surface area contributed by atoms with E-state index < -0.39 is 0 Å². The second-order valence-corrected chi connectivity index (χ2v) is 11.7. The van der Waals surface area contributed by atoms with Crippen LogP contribution >= 0.6 is 11.3 Å². The van der Waals surface area contributed by atoms with E-state index in [0.717, 1.165) is 72.1 Å². The second-order valence-electron chi connectivity index (χ2n) is 10.6. The third kappa shape index (κ3) is 4.47. The number of aryl methyl sites for hydroxylation is 3. The molecule has 190 valence electrons. The largest absolute Gasteiger partial charge is 0.317 e. The summed E-state index contributed by atoms with van der Waals surface area (Å²) in [6.07, 6.45) is 10.2. The van der Waals surface area contributed by atoms with Gasteiger partial charge in [0.05, 0.1) is 11.3 Å². The van der Waals surface area contributed by atoms with Gasteiger partial charge in [-0.3, -0.25) is 23.7 Å². The number of aromatic nitrogens is 5. The van der Waals surface area contributed by atoms with E-state index in [9.17, 15) is 9.59 Å². The van der Waals surface area contributed by atoms with E-state index in [2.05, 4.69) is 25.2 Å². The molecule has 1 N–H and O–H groups in total. The monoisotopic (exact) mass is 507 g/mol. The fourth-order valence-electron chi connectivity index (χ4n) is 5.36. The summed E-state index contributed by atoms with van der Waals surface area (Å²) in [5, 5.41) is 17.0. The molecular weight excluding hydrogens is 474 g/mol. The molecule has 10 heteroatoms. The lowest BCUT2D eigenvalue weighted by atomic mass is 9.89. The van der Waals surface area contributed by atoms with Gasteiger partial charge in [-0.2, -0.15) is 5.10 Å². The van der Waals surface area contributed by atoms with Crippen LogP contribution in [0.3, 0.4) is 0 Å². The van der Waals surface area contributed by atoms with Crippen molar-refractivity contribution in [1.82, 2.24) is 24.5 Å². The molecule has 3 aliphatic carbocycles. The van der Waals surface area contributed by atoms with E-state index in [1.54, 1.807) is 17.7 Å². The van der Waals surface area contributed by atoms with Crippen molar-refractivity contribution < 1.29 is 9.59 Å². The van der Waals surface area contributed by atoms with Crippen LogP contribution in [0.1, 0.15) is 77.5 Å². The van der Waals surface area contributed by atoms with Crippen molar-refractivity contribution in [1.29, 1.82) is 0 Å². The lowest BCUT2D eigenvalue weighted by Gasteiger charge is -2.27. The number of amides is 1. The molecule has 0 saturated heterocycles. The van der Waals surface area contributed by atoms with Gasteiger partial charge in [0.25, 0.3) is 0 Å². The van der Waals surface area contributed by atoms with E-state index in [-0.39, 0.29) is 23.7 Å². The lowest BCUT2D eigenvalue weighted by Crippen LogP contribution is -2.24. The number of Topliss-reactive ketones (excluding diaryl/α,β-unsaturated/α-hetero) is 1. The van der Waals surface area contributed by atoms with Crippen LogP contribution < -0.4 is 10.2 Å². The zero-order valence-corrected chi connectivity index (χ0v) is 22.0. The quantitative estimate of drug-likeness (QED) is 0.425. The molecule has 0 radical (unpaired) electrons. The number of fused-ring (bicyclic) bond motifs is 1. The first kappa shape index (κ1) is 23.4. The fraction of sp³-hybridized carbons (Fsp3) is 0.577. The molecule has 0 bridgehead atoms. The van der Waals surface area contributed by atoms with Gasteiger partial charge in [0.2, 0.25) is 11.9 Å². The van der Waals surface area contributed by atoms with Gasteiger partial charge in [0.15, 0.2) is 5.78 Å². The number of hydrogen-bond donors (Lipinski definition) is 1. The molecule has 3 aromatic heterocycles. The highest BCUT2D eigenvalue weighted by molar-refractivity contribution is 7.17. The molecule has 0 aromatic carbocycles. The van der Waals surface area contributed by atoms with Crippen molar-refractivity contribution in [3.8, 4) is 0 Å². The van der Waals surface area contributed by atoms with E-state index in [1.165, 1.54) is 17.7 Å². The molecule has 1 atom stereocenters. The molecule has 9 nitrogen and oxygen atoms in total. The Balaban J connectivity index is 1.29. The smallest absolute Gasteiger partial charge is 0.232 e. The van der Waals surface area contributed by atoms with Gasteiger partial charge < -0.3 is 5.32 Å². The Kier molecular flexibility index (Phi) is 5.94. The third-order valence-corrected chi connectivity index (χ3v) is 8.95. The van der Waals surface area contributed by atoms with Gasteiger partial charge in [0, 0.05) is 43.4 Å². The van der Waals surface area contributed by atoms with Crippen LogP contribution in [0.25, 0.3) is 0 Å². The summed E-state index contributed by atoms with van der Waals surface area (Å²) in [7, 11) is 3.91. The molecule has 0 unspecified atom stereocenters. The highest BCUT2D eigenvalue weighted by atomic mass is 32.1. The van der Waals surface area contributed by atoms with Crippen molar-refractivity contribution in [2.75, 3.05) is 17.3 Å². The average molecular weight is 508 g/mol. The molecule has 1 amide bonds. The predicted molar refractivity (Wildman–Crippen MR) is 139 cm³/mol. The van der Waals surface area contributed by atoms with E-state index >= 15 is 0 Å². The number of hydrogen-bond acceptors (Lipinski definition) is 7. The van der Waals surface area contributed by atoms with Gasteiger partial charge in [-0.05, 0) is 56.9 Å². The van der Waals surface area contributed by atoms with E-state index in [1.807, 2.05) is 36.7 Å². The lowest BCUT2D eigenvalue weighted by molar-refractivity contribution is -0.117. The summed E-state index contributed by atoms with van der Waals surface area (Å²) in [6, 6.07) is 2.17. The first-order valence-electron chi connectivity index (χ1n) is 13.0. The van der Waals surface area contributed by atoms with Gasteiger partial charge in [0.1, 0.15) is 17.1 Å². The van der Waals surface area contributed by atoms with E-state index in [4.69, 9.17) is 0 Å². The molecule has 0 aliphatic heterocycles. The summed E-state index contributed by atoms with van der Waals surface area (Å²) in [4.78, 5) is 29.4. The number of ketones is 1. The van der Waals surface area contributed by atoms with Crippen LogP contribution in [0.4, 0.5) is 16.8 Å². The van der Waals surface area contributed by atoms with Gasteiger partial charge >= 0.3 is 0 Å². The average Bonchev–Trinajstić information content (AvgIpc) is 3.76. The van der Waals surface area contributed by atoms with Crippen LogP contribution in [-0.2, 0) is 24.7 Å². The van der Waals surface area contributed by atoms with Crippen molar-refractivity contribution >= 4 is 39.8 Å². The molecule has 36 heavy (non-hydrogen) atoms. The zero-order chi connectivity index (χ0) is 25.0. The molecule has 2 fully saturated rings. The number of thiophene rings is 1. The topological polar surface area (TPSA) is 97.9 Å². The van der Waals surface area contributed by atoms with Crippen LogP contribution in [0.2, 0.25) is 0 Å².